The Morgan fingerprint density at radius 1 is 1.26 bits per heavy atom. The zero-order chi connectivity index (χ0) is 13.1. The molecule has 3 heteroatoms. The van der Waals surface area contributed by atoms with Crippen LogP contribution in [-0.4, -0.2) is 37.7 Å². The minimum atomic E-state index is 0.575. The number of nitrogens with zero attached hydrogens (tertiary/aromatic N) is 1. The van der Waals surface area contributed by atoms with Crippen molar-refractivity contribution in [2.24, 2.45) is 5.41 Å². The van der Waals surface area contributed by atoms with Crippen LogP contribution < -0.4 is 10.1 Å². The van der Waals surface area contributed by atoms with Crippen LogP contribution in [0.2, 0.25) is 0 Å². The third kappa shape index (κ3) is 2.93. The van der Waals surface area contributed by atoms with Gasteiger partial charge in [-0.05, 0) is 56.0 Å². The van der Waals surface area contributed by atoms with Crippen molar-refractivity contribution in [1.29, 1.82) is 0 Å². The van der Waals surface area contributed by atoms with Gasteiger partial charge < -0.3 is 10.1 Å². The second-order valence-electron chi connectivity index (χ2n) is 5.96. The Balaban J connectivity index is 1.57. The van der Waals surface area contributed by atoms with E-state index in [4.69, 9.17) is 4.74 Å². The fourth-order valence-corrected chi connectivity index (χ4v) is 3.42. The first-order chi connectivity index (χ1) is 9.30. The molecule has 1 aromatic rings. The largest absolute Gasteiger partial charge is 0.494 e. The summed E-state index contributed by atoms with van der Waals surface area (Å²) in [4.78, 5) is 2.60. The van der Waals surface area contributed by atoms with Gasteiger partial charge in [-0.25, -0.2) is 0 Å². The summed E-state index contributed by atoms with van der Waals surface area (Å²) in [6, 6.07) is 8.56. The lowest BCUT2D eigenvalue weighted by Crippen LogP contribution is -2.28. The molecule has 0 aliphatic carbocycles. The van der Waals surface area contributed by atoms with Gasteiger partial charge in [0.05, 0.1) is 6.61 Å². The van der Waals surface area contributed by atoms with Crippen molar-refractivity contribution in [3.63, 3.8) is 0 Å². The van der Waals surface area contributed by atoms with Gasteiger partial charge in [-0.15, -0.1) is 0 Å². The Morgan fingerprint density at radius 2 is 2.11 bits per heavy atom. The summed E-state index contributed by atoms with van der Waals surface area (Å²) in [6.45, 7) is 8.76. The molecular formula is C16H24N2O. The lowest BCUT2D eigenvalue weighted by molar-refractivity contribution is 0.268. The molecule has 0 amide bonds. The molecule has 1 atom stereocenters. The van der Waals surface area contributed by atoms with Gasteiger partial charge in [0, 0.05) is 19.6 Å². The van der Waals surface area contributed by atoms with Crippen molar-refractivity contribution in [3.8, 4) is 5.75 Å². The summed E-state index contributed by atoms with van der Waals surface area (Å²) >= 11 is 0. The predicted molar refractivity (Wildman–Crippen MR) is 77.4 cm³/mol. The molecule has 2 aliphatic rings. The first kappa shape index (κ1) is 12.9. The highest BCUT2D eigenvalue weighted by Crippen LogP contribution is 2.36. The van der Waals surface area contributed by atoms with E-state index in [1.807, 2.05) is 6.92 Å². The zero-order valence-corrected chi connectivity index (χ0v) is 11.8. The second-order valence-corrected chi connectivity index (χ2v) is 5.96. The maximum Gasteiger partial charge on any atom is 0.119 e. The maximum absolute atomic E-state index is 5.49. The first-order valence-electron chi connectivity index (χ1n) is 7.44. The fraction of sp³-hybridized carbons (Fsp3) is 0.625. The van der Waals surface area contributed by atoms with Crippen LogP contribution in [0.3, 0.4) is 0 Å². The van der Waals surface area contributed by atoms with Crippen molar-refractivity contribution >= 4 is 0 Å². The highest BCUT2D eigenvalue weighted by Gasteiger charge is 2.39. The third-order valence-electron chi connectivity index (χ3n) is 4.49. The zero-order valence-electron chi connectivity index (χ0n) is 11.8. The maximum atomic E-state index is 5.49. The average Bonchev–Trinajstić information content (AvgIpc) is 3.03. The quantitative estimate of drug-likeness (QED) is 0.899. The van der Waals surface area contributed by atoms with Crippen LogP contribution in [0.4, 0.5) is 0 Å². The number of rotatable bonds is 4. The topological polar surface area (TPSA) is 24.5 Å². The van der Waals surface area contributed by atoms with Crippen molar-refractivity contribution < 1.29 is 4.74 Å². The van der Waals surface area contributed by atoms with Gasteiger partial charge in [0.2, 0.25) is 0 Å². The molecule has 19 heavy (non-hydrogen) atoms. The normalized spacial score (nSPS) is 27.2. The van der Waals surface area contributed by atoms with E-state index in [0.717, 1.165) is 18.9 Å². The van der Waals surface area contributed by atoms with E-state index >= 15 is 0 Å². The summed E-state index contributed by atoms with van der Waals surface area (Å²) in [5.74, 6) is 0.976. The van der Waals surface area contributed by atoms with Gasteiger partial charge in [0.25, 0.3) is 0 Å². The molecule has 1 unspecified atom stereocenters. The summed E-state index contributed by atoms with van der Waals surface area (Å²) in [5, 5.41) is 3.52. The number of nitrogens with one attached hydrogen (secondary N) is 1. The minimum absolute atomic E-state index is 0.575. The van der Waals surface area contributed by atoms with E-state index < -0.39 is 0 Å². The molecule has 3 rings (SSSR count). The molecule has 1 spiro atoms. The van der Waals surface area contributed by atoms with E-state index in [1.54, 1.807) is 0 Å². The molecule has 0 bridgehead atoms. The molecule has 1 N–H and O–H groups in total. The summed E-state index contributed by atoms with van der Waals surface area (Å²) < 4.78 is 5.49. The predicted octanol–water partition coefficient (Wildman–Crippen LogP) is 2.27. The van der Waals surface area contributed by atoms with Crippen molar-refractivity contribution in [1.82, 2.24) is 10.2 Å². The second kappa shape index (κ2) is 5.51. The van der Waals surface area contributed by atoms with Crippen LogP contribution >= 0.6 is 0 Å². The molecule has 104 valence electrons. The molecule has 2 saturated heterocycles. The fourth-order valence-electron chi connectivity index (χ4n) is 3.42. The van der Waals surface area contributed by atoms with Gasteiger partial charge in [-0.1, -0.05) is 12.1 Å². The first-order valence-corrected chi connectivity index (χ1v) is 7.44. The van der Waals surface area contributed by atoms with Crippen LogP contribution in [-0.2, 0) is 6.54 Å². The van der Waals surface area contributed by atoms with Crippen LogP contribution in [0.15, 0.2) is 24.3 Å². The molecular weight excluding hydrogens is 236 g/mol. The Bertz CT molecular complexity index is 409. The monoisotopic (exact) mass is 260 g/mol. The van der Waals surface area contributed by atoms with E-state index in [0.29, 0.717) is 5.41 Å². The highest BCUT2D eigenvalue weighted by molar-refractivity contribution is 5.27. The Morgan fingerprint density at radius 3 is 2.79 bits per heavy atom. The number of likely N-dealkylation sites (tertiary alicyclic amines) is 1. The van der Waals surface area contributed by atoms with Crippen molar-refractivity contribution in [3.05, 3.63) is 29.8 Å². The molecule has 0 radical (unpaired) electrons. The van der Waals surface area contributed by atoms with E-state index in [1.165, 1.54) is 44.6 Å². The third-order valence-corrected chi connectivity index (χ3v) is 4.49. The van der Waals surface area contributed by atoms with Gasteiger partial charge in [-0.2, -0.15) is 0 Å². The number of hydrogen-bond donors (Lipinski definition) is 1. The Kier molecular flexibility index (Phi) is 3.76. The SMILES string of the molecule is CCOc1ccc(CN2CCC3(CCNC3)C2)cc1. The van der Waals surface area contributed by atoms with E-state index in [-0.39, 0.29) is 0 Å². The molecule has 2 aliphatic heterocycles. The molecule has 0 aromatic heterocycles. The molecule has 2 heterocycles. The number of ether oxygens (including phenoxy) is 1. The summed E-state index contributed by atoms with van der Waals surface area (Å²) in [6.07, 6.45) is 2.71. The Hall–Kier alpha value is -1.06. The molecule has 0 saturated carbocycles. The summed E-state index contributed by atoms with van der Waals surface area (Å²) in [7, 11) is 0. The summed E-state index contributed by atoms with van der Waals surface area (Å²) in [5.41, 5.74) is 1.97. The lowest BCUT2D eigenvalue weighted by Gasteiger charge is -2.22. The smallest absolute Gasteiger partial charge is 0.119 e. The van der Waals surface area contributed by atoms with Crippen LogP contribution in [0.5, 0.6) is 5.75 Å². The van der Waals surface area contributed by atoms with Crippen LogP contribution in [0.1, 0.15) is 25.3 Å². The molecule has 2 fully saturated rings. The highest BCUT2D eigenvalue weighted by atomic mass is 16.5. The Labute approximate surface area is 115 Å². The minimum Gasteiger partial charge on any atom is -0.494 e. The standard InChI is InChI=1S/C16H24N2O/c1-2-19-15-5-3-14(4-6-15)11-18-10-8-16(13-18)7-9-17-12-16/h3-6,17H,2,7-13H2,1H3. The van der Waals surface area contributed by atoms with E-state index in [9.17, 15) is 0 Å². The average molecular weight is 260 g/mol. The van der Waals surface area contributed by atoms with Crippen molar-refractivity contribution in [2.75, 3.05) is 32.8 Å². The van der Waals surface area contributed by atoms with Crippen LogP contribution in [0.25, 0.3) is 0 Å². The van der Waals surface area contributed by atoms with Crippen LogP contribution in [0, 0.1) is 5.41 Å². The van der Waals surface area contributed by atoms with Gasteiger partial charge in [0.1, 0.15) is 5.75 Å². The lowest BCUT2D eigenvalue weighted by atomic mass is 9.86. The van der Waals surface area contributed by atoms with Gasteiger partial charge in [0.15, 0.2) is 0 Å². The molecule has 3 nitrogen and oxygen atoms in total. The number of hydrogen-bond acceptors (Lipinski definition) is 3. The van der Waals surface area contributed by atoms with Gasteiger partial charge >= 0.3 is 0 Å². The van der Waals surface area contributed by atoms with E-state index in [2.05, 4.69) is 34.5 Å². The van der Waals surface area contributed by atoms with Crippen molar-refractivity contribution in [2.45, 2.75) is 26.3 Å². The molecule has 1 aromatic carbocycles. The van der Waals surface area contributed by atoms with Gasteiger partial charge in [-0.3, -0.25) is 4.90 Å². The number of benzene rings is 1.